The summed E-state index contributed by atoms with van der Waals surface area (Å²) < 4.78 is 26.9. The second-order valence-electron chi connectivity index (χ2n) is 7.89. The number of rotatable bonds is 10. The van der Waals surface area contributed by atoms with Gasteiger partial charge in [-0.05, 0) is 62.2 Å². The Kier molecular flexibility index (Phi) is 9.75. The largest absolute Gasteiger partial charge is 0.352 e. The zero-order chi connectivity index (χ0) is 24.8. The van der Waals surface area contributed by atoms with Crippen LogP contribution >= 0.6 is 27.5 Å². The summed E-state index contributed by atoms with van der Waals surface area (Å²) >= 11 is 9.35. The van der Waals surface area contributed by atoms with Gasteiger partial charge in [0.05, 0.1) is 11.9 Å². The van der Waals surface area contributed by atoms with E-state index < -0.39 is 28.5 Å². The van der Waals surface area contributed by atoms with Gasteiger partial charge in [0.25, 0.3) is 0 Å². The molecule has 0 bridgehead atoms. The minimum absolute atomic E-state index is 0.0515. The second kappa shape index (κ2) is 11.9. The highest BCUT2D eigenvalue weighted by molar-refractivity contribution is 9.10. The molecule has 180 valence electrons. The molecule has 2 aromatic carbocycles. The first-order chi connectivity index (χ1) is 15.4. The molecule has 2 rings (SSSR count). The molecule has 2 aromatic rings. The van der Waals surface area contributed by atoms with E-state index in [0.717, 1.165) is 27.0 Å². The van der Waals surface area contributed by atoms with Crippen molar-refractivity contribution >= 4 is 55.1 Å². The molecule has 2 amide bonds. The fourth-order valence-corrected chi connectivity index (χ4v) is 4.52. The molecule has 33 heavy (non-hydrogen) atoms. The summed E-state index contributed by atoms with van der Waals surface area (Å²) in [6.45, 7) is 5.18. The first-order valence-corrected chi connectivity index (χ1v) is 13.5. The number of amides is 2. The van der Waals surface area contributed by atoms with Crippen LogP contribution in [0.2, 0.25) is 5.02 Å². The maximum atomic E-state index is 13.4. The van der Waals surface area contributed by atoms with Crippen molar-refractivity contribution in [3.8, 4) is 0 Å². The predicted molar refractivity (Wildman–Crippen MR) is 136 cm³/mol. The molecule has 0 radical (unpaired) electrons. The van der Waals surface area contributed by atoms with Crippen molar-refractivity contribution in [3.63, 3.8) is 0 Å². The van der Waals surface area contributed by atoms with Gasteiger partial charge in [0.15, 0.2) is 0 Å². The molecule has 0 aliphatic carbocycles. The van der Waals surface area contributed by atoms with Crippen molar-refractivity contribution in [2.45, 2.75) is 45.8 Å². The SMILES string of the molecule is CC[C@H](C)NC(=O)[C@H](C)N(Cc1cccc(Br)c1)C(=O)CN(c1ccc(Cl)cc1)S(C)(=O)=O. The molecule has 0 aromatic heterocycles. The fraction of sp³-hybridized carbons (Fsp3) is 0.391. The minimum atomic E-state index is -3.77. The third-order valence-electron chi connectivity index (χ3n) is 5.20. The molecule has 0 spiro atoms. The van der Waals surface area contributed by atoms with E-state index in [0.29, 0.717) is 10.7 Å². The average Bonchev–Trinajstić information content (AvgIpc) is 2.75. The number of anilines is 1. The maximum absolute atomic E-state index is 13.4. The van der Waals surface area contributed by atoms with Gasteiger partial charge in [-0.1, -0.05) is 46.6 Å². The van der Waals surface area contributed by atoms with Gasteiger partial charge in [0, 0.05) is 22.1 Å². The number of halogens is 2. The summed E-state index contributed by atoms with van der Waals surface area (Å²) in [5, 5.41) is 3.34. The Bertz CT molecular complexity index is 1080. The van der Waals surface area contributed by atoms with Crippen LogP contribution in [0.4, 0.5) is 5.69 Å². The fourth-order valence-electron chi connectivity index (χ4n) is 3.10. The van der Waals surface area contributed by atoms with Crippen molar-refractivity contribution in [1.82, 2.24) is 10.2 Å². The molecular weight excluding hydrogens is 530 g/mol. The Morgan fingerprint density at radius 2 is 1.76 bits per heavy atom. The Balaban J connectivity index is 2.37. The van der Waals surface area contributed by atoms with E-state index in [2.05, 4.69) is 21.2 Å². The lowest BCUT2D eigenvalue weighted by Gasteiger charge is -2.32. The van der Waals surface area contributed by atoms with Gasteiger partial charge in [-0.15, -0.1) is 0 Å². The van der Waals surface area contributed by atoms with E-state index in [4.69, 9.17) is 11.6 Å². The Morgan fingerprint density at radius 1 is 1.12 bits per heavy atom. The number of nitrogens with one attached hydrogen (secondary N) is 1. The topological polar surface area (TPSA) is 86.8 Å². The van der Waals surface area contributed by atoms with Crippen LogP contribution in [0.3, 0.4) is 0 Å². The van der Waals surface area contributed by atoms with E-state index in [1.54, 1.807) is 19.1 Å². The summed E-state index contributed by atoms with van der Waals surface area (Å²) in [6.07, 6.45) is 1.78. The Hall–Kier alpha value is -2.10. The summed E-state index contributed by atoms with van der Waals surface area (Å²) in [4.78, 5) is 27.7. The highest BCUT2D eigenvalue weighted by Crippen LogP contribution is 2.22. The third kappa shape index (κ3) is 8.01. The van der Waals surface area contributed by atoms with Crippen molar-refractivity contribution in [2.75, 3.05) is 17.1 Å². The normalized spacial score (nSPS) is 13.2. The van der Waals surface area contributed by atoms with Crippen LogP contribution in [0.1, 0.15) is 32.8 Å². The van der Waals surface area contributed by atoms with Crippen molar-refractivity contribution < 1.29 is 18.0 Å². The van der Waals surface area contributed by atoms with Crippen molar-refractivity contribution in [2.24, 2.45) is 0 Å². The predicted octanol–water partition coefficient (Wildman–Crippen LogP) is 4.20. The number of hydrogen-bond acceptors (Lipinski definition) is 4. The molecular formula is C23H29BrClN3O4S. The van der Waals surface area contributed by atoms with Gasteiger partial charge in [0.1, 0.15) is 12.6 Å². The number of nitrogens with zero attached hydrogens (tertiary/aromatic N) is 2. The summed E-state index contributed by atoms with van der Waals surface area (Å²) in [5.74, 6) is -0.799. The third-order valence-corrected chi connectivity index (χ3v) is 7.09. The van der Waals surface area contributed by atoms with Crippen LogP contribution in [0.5, 0.6) is 0 Å². The molecule has 0 saturated heterocycles. The van der Waals surface area contributed by atoms with Gasteiger partial charge in [0.2, 0.25) is 21.8 Å². The van der Waals surface area contributed by atoms with E-state index in [-0.39, 0.29) is 18.5 Å². The molecule has 0 unspecified atom stereocenters. The van der Waals surface area contributed by atoms with E-state index in [9.17, 15) is 18.0 Å². The quantitative estimate of drug-likeness (QED) is 0.474. The maximum Gasteiger partial charge on any atom is 0.244 e. The zero-order valence-corrected chi connectivity index (χ0v) is 22.2. The lowest BCUT2D eigenvalue weighted by Crippen LogP contribution is -2.52. The average molecular weight is 559 g/mol. The van der Waals surface area contributed by atoms with E-state index in [1.165, 1.54) is 17.0 Å². The molecule has 1 N–H and O–H groups in total. The lowest BCUT2D eigenvalue weighted by molar-refractivity contribution is -0.139. The smallest absolute Gasteiger partial charge is 0.244 e. The van der Waals surface area contributed by atoms with Crippen molar-refractivity contribution in [1.29, 1.82) is 0 Å². The lowest BCUT2D eigenvalue weighted by atomic mass is 10.1. The minimum Gasteiger partial charge on any atom is -0.352 e. The number of sulfonamides is 1. The molecule has 0 aliphatic rings. The molecule has 10 heteroatoms. The number of benzene rings is 2. The zero-order valence-electron chi connectivity index (χ0n) is 19.1. The van der Waals surface area contributed by atoms with Gasteiger partial charge in [-0.2, -0.15) is 0 Å². The summed E-state index contributed by atoms with van der Waals surface area (Å²) in [6, 6.07) is 12.7. The van der Waals surface area contributed by atoms with Crippen molar-refractivity contribution in [3.05, 3.63) is 63.6 Å². The number of hydrogen-bond donors (Lipinski definition) is 1. The first kappa shape index (κ1) is 27.1. The molecule has 0 saturated carbocycles. The van der Waals surface area contributed by atoms with Crippen LogP contribution in [0.15, 0.2) is 53.0 Å². The highest BCUT2D eigenvalue weighted by Gasteiger charge is 2.30. The summed E-state index contributed by atoms with van der Waals surface area (Å²) in [7, 11) is -3.77. The summed E-state index contributed by atoms with van der Waals surface area (Å²) in [5.41, 5.74) is 1.12. The molecule has 2 atom stereocenters. The highest BCUT2D eigenvalue weighted by atomic mass is 79.9. The molecule has 0 aliphatic heterocycles. The van der Waals surface area contributed by atoms with E-state index >= 15 is 0 Å². The van der Waals surface area contributed by atoms with Gasteiger partial charge in [-0.3, -0.25) is 13.9 Å². The molecule has 0 heterocycles. The number of carbonyl (C=O) groups is 2. The first-order valence-electron chi connectivity index (χ1n) is 10.5. The van der Waals surface area contributed by atoms with Crippen LogP contribution in [0, 0.1) is 0 Å². The molecule has 0 fully saturated rings. The Labute approximate surface area is 209 Å². The second-order valence-corrected chi connectivity index (χ2v) is 11.2. The monoisotopic (exact) mass is 557 g/mol. The van der Waals surface area contributed by atoms with Crippen LogP contribution in [0.25, 0.3) is 0 Å². The van der Waals surface area contributed by atoms with Gasteiger partial charge in [-0.25, -0.2) is 8.42 Å². The van der Waals surface area contributed by atoms with Gasteiger partial charge < -0.3 is 10.2 Å². The van der Waals surface area contributed by atoms with Crippen LogP contribution in [-0.2, 0) is 26.2 Å². The molecule has 7 nitrogen and oxygen atoms in total. The van der Waals surface area contributed by atoms with Gasteiger partial charge >= 0.3 is 0 Å². The van der Waals surface area contributed by atoms with Crippen LogP contribution < -0.4 is 9.62 Å². The number of carbonyl (C=O) groups excluding carboxylic acids is 2. The standard InChI is InChI=1S/C23H29BrClN3O4S/c1-5-16(2)26-23(30)17(3)27(14-18-7-6-8-19(24)13-18)22(29)15-28(33(4,31)32)21-11-9-20(25)10-12-21/h6-13,16-17H,5,14-15H2,1-4H3,(H,26,30)/t16-,17-/m0/s1. The van der Waals surface area contributed by atoms with Crippen LogP contribution in [-0.4, -0.2) is 50.0 Å². The Morgan fingerprint density at radius 3 is 2.30 bits per heavy atom. The van der Waals surface area contributed by atoms with E-state index in [1.807, 2.05) is 38.1 Å².